The van der Waals surface area contributed by atoms with E-state index in [4.69, 9.17) is 14.2 Å². The van der Waals surface area contributed by atoms with Crippen LogP contribution in [-0.4, -0.2) is 37.3 Å². The van der Waals surface area contributed by atoms with E-state index in [0.29, 0.717) is 48.3 Å². The van der Waals surface area contributed by atoms with Gasteiger partial charge in [0.1, 0.15) is 0 Å². The highest BCUT2D eigenvalue weighted by molar-refractivity contribution is 6.01. The highest BCUT2D eigenvalue weighted by atomic mass is 16.5. The van der Waals surface area contributed by atoms with Crippen LogP contribution in [0.4, 0.5) is 5.69 Å². The molecule has 0 heterocycles. The molecule has 2 N–H and O–H groups in total. The van der Waals surface area contributed by atoms with E-state index < -0.39 is 5.91 Å². The maximum atomic E-state index is 12.8. The van der Waals surface area contributed by atoms with Crippen LogP contribution in [0.1, 0.15) is 69.3 Å². The second-order valence-electron chi connectivity index (χ2n) is 8.29. The van der Waals surface area contributed by atoms with Crippen LogP contribution in [0.15, 0.2) is 41.5 Å². The number of carbonyl (C=O) groups is 2. The fourth-order valence-corrected chi connectivity index (χ4v) is 4.01. The van der Waals surface area contributed by atoms with Crippen molar-refractivity contribution < 1.29 is 23.8 Å². The summed E-state index contributed by atoms with van der Waals surface area (Å²) in [5.41, 5.74) is 5.17. The molecule has 2 aromatic rings. The lowest BCUT2D eigenvalue weighted by Crippen LogP contribution is -2.20. The van der Waals surface area contributed by atoms with Crippen LogP contribution in [0.5, 0.6) is 17.2 Å². The summed E-state index contributed by atoms with van der Waals surface area (Å²) in [4.78, 5) is 25.2. The number of nitrogens with zero attached hydrogens (tertiary/aromatic N) is 1. The van der Waals surface area contributed by atoms with Crippen molar-refractivity contribution in [3.05, 3.63) is 47.5 Å². The smallest absolute Gasteiger partial charge is 0.271 e. The highest BCUT2D eigenvalue weighted by Crippen LogP contribution is 2.39. The zero-order valence-electron chi connectivity index (χ0n) is 21.0. The zero-order chi connectivity index (χ0) is 25.2. The van der Waals surface area contributed by atoms with E-state index in [1.54, 1.807) is 12.1 Å². The quantitative estimate of drug-likeness (QED) is 0.341. The van der Waals surface area contributed by atoms with Crippen LogP contribution < -0.4 is 25.0 Å². The lowest BCUT2D eigenvalue weighted by Gasteiger charge is -2.16. The molecule has 35 heavy (non-hydrogen) atoms. The molecule has 0 aromatic heterocycles. The first-order valence-corrected chi connectivity index (χ1v) is 12.3. The van der Waals surface area contributed by atoms with Crippen molar-refractivity contribution in [2.75, 3.05) is 25.1 Å². The van der Waals surface area contributed by atoms with E-state index in [2.05, 4.69) is 15.8 Å². The monoisotopic (exact) mass is 481 g/mol. The molecule has 3 rings (SSSR count). The van der Waals surface area contributed by atoms with Gasteiger partial charge in [0.25, 0.3) is 5.91 Å². The Morgan fingerprint density at radius 3 is 2.00 bits per heavy atom. The summed E-state index contributed by atoms with van der Waals surface area (Å²) < 4.78 is 17.1. The van der Waals surface area contributed by atoms with Gasteiger partial charge in [-0.2, -0.15) is 5.10 Å². The van der Waals surface area contributed by atoms with Crippen LogP contribution in [0.3, 0.4) is 0 Å². The molecule has 2 amide bonds. The van der Waals surface area contributed by atoms with Crippen molar-refractivity contribution in [2.45, 2.75) is 53.4 Å². The van der Waals surface area contributed by atoms with Crippen LogP contribution in [-0.2, 0) is 4.79 Å². The molecule has 2 aromatic carbocycles. The largest absolute Gasteiger partial charge is 0.490 e. The number of benzene rings is 2. The molecule has 0 unspecified atom stereocenters. The summed E-state index contributed by atoms with van der Waals surface area (Å²) in [6.07, 6.45) is 4.16. The van der Waals surface area contributed by atoms with Crippen molar-refractivity contribution >= 4 is 23.2 Å². The van der Waals surface area contributed by atoms with Crippen molar-refractivity contribution in [1.29, 1.82) is 0 Å². The molecule has 1 aliphatic carbocycles. The molecule has 0 aliphatic heterocycles. The molecule has 8 heteroatoms. The standard InChI is InChI=1S/C27H35N3O5/c1-5-33-23-16-21(17-24(34-6-2)25(23)35-7-3)27(32)30-29-18(4)19-12-14-22(15-13-19)28-26(31)20-10-8-9-11-20/h12-17,20H,5-11H2,1-4H3,(H,28,31)(H,30,32)/b29-18+. The summed E-state index contributed by atoms with van der Waals surface area (Å²) in [7, 11) is 0. The van der Waals surface area contributed by atoms with E-state index in [0.717, 1.165) is 36.9 Å². The summed E-state index contributed by atoms with van der Waals surface area (Å²) >= 11 is 0. The fourth-order valence-electron chi connectivity index (χ4n) is 4.01. The average molecular weight is 482 g/mol. The third-order valence-electron chi connectivity index (χ3n) is 5.79. The van der Waals surface area contributed by atoms with Crippen molar-refractivity contribution in [2.24, 2.45) is 11.0 Å². The Bertz CT molecular complexity index is 1020. The molecule has 0 radical (unpaired) electrons. The van der Waals surface area contributed by atoms with Gasteiger partial charge in [0.05, 0.1) is 25.5 Å². The number of hydrogen-bond acceptors (Lipinski definition) is 6. The number of hydrazone groups is 1. The fraction of sp³-hybridized carbons (Fsp3) is 0.444. The molecule has 8 nitrogen and oxygen atoms in total. The number of ether oxygens (including phenoxy) is 3. The predicted octanol–water partition coefficient (Wildman–Crippen LogP) is 5.17. The summed E-state index contributed by atoms with van der Waals surface area (Å²) in [5.74, 6) is 1.17. The number of hydrogen-bond donors (Lipinski definition) is 2. The summed E-state index contributed by atoms with van der Waals surface area (Å²) in [6.45, 7) is 8.69. The van der Waals surface area contributed by atoms with Gasteiger partial charge in [-0.3, -0.25) is 9.59 Å². The molecular weight excluding hydrogens is 446 g/mol. The molecule has 0 bridgehead atoms. The Morgan fingerprint density at radius 1 is 0.886 bits per heavy atom. The number of carbonyl (C=O) groups excluding carboxylic acids is 2. The molecule has 1 saturated carbocycles. The minimum absolute atomic E-state index is 0.0844. The molecular formula is C27H35N3O5. The minimum atomic E-state index is -0.394. The van der Waals surface area contributed by atoms with Crippen LogP contribution in [0.25, 0.3) is 0 Å². The average Bonchev–Trinajstić information content (AvgIpc) is 3.40. The Morgan fingerprint density at radius 2 is 1.46 bits per heavy atom. The van der Waals surface area contributed by atoms with Gasteiger partial charge in [-0.1, -0.05) is 25.0 Å². The second kappa shape index (κ2) is 12.8. The van der Waals surface area contributed by atoms with Gasteiger partial charge in [-0.15, -0.1) is 0 Å². The van der Waals surface area contributed by atoms with E-state index in [1.807, 2.05) is 52.0 Å². The van der Waals surface area contributed by atoms with E-state index in [1.165, 1.54) is 0 Å². The Balaban J connectivity index is 1.69. The summed E-state index contributed by atoms with van der Waals surface area (Å²) in [6, 6.07) is 10.7. The summed E-state index contributed by atoms with van der Waals surface area (Å²) in [5, 5.41) is 7.24. The van der Waals surface area contributed by atoms with Crippen LogP contribution in [0.2, 0.25) is 0 Å². The number of rotatable bonds is 11. The molecule has 0 saturated heterocycles. The third-order valence-corrected chi connectivity index (χ3v) is 5.79. The first-order valence-electron chi connectivity index (χ1n) is 12.3. The number of nitrogens with one attached hydrogen (secondary N) is 2. The van der Waals surface area contributed by atoms with E-state index >= 15 is 0 Å². The van der Waals surface area contributed by atoms with Gasteiger partial charge in [-0.25, -0.2) is 5.43 Å². The second-order valence-corrected chi connectivity index (χ2v) is 8.29. The maximum Gasteiger partial charge on any atom is 0.271 e. The third kappa shape index (κ3) is 6.97. The van der Waals surface area contributed by atoms with Gasteiger partial charge in [-0.05, 0) is 70.4 Å². The van der Waals surface area contributed by atoms with Crippen LogP contribution in [0, 0.1) is 5.92 Å². The van der Waals surface area contributed by atoms with Gasteiger partial charge in [0.15, 0.2) is 11.5 Å². The SMILES string of the molecule is CCOc1cc(C(=O)N/N=C(\C)c2ccc(NC(=O)C3CCCC3)cc2)cc(OCC)c1OCC. The lowest BCUT2D eigenvalue weighted by molar-refractivity contribution is -0.119. The molecule has 188 valence electrons. The Kier molecular flexibility index (Phi) is 9.52. The van der Waals surface area contributed by atoms with Gasteiger partial charge in [0.2, 0.25) is 11.7 Å². The van der Waals surface area contributed by atoms with Crippen molar-refractivity contribution in [3.8, 4) is 17.2 Å². The highest BCUT2D eigenvalue weighted by Gasteiger charge is 2.22. The van der Waals surface area contributed by atoms with Gasteiger partial charge < -0.3 is 19.5 Å². The van der Waals surface area contributed by atoms with Gasteiger partial charge in [0, 0.05) is 17.2 Å². The first-order chi connectivity index (χ1) is 17.0. The number of anilines is 1. The molecule has 1 aliphatic rings. The van der Waals surface area contributed by atoms with E-state index in [9.17, 15) is 9.59 Å². The minimum Gasteiger partial charge on any atom is -0.490 e. The molecule has 1 fully saturated rings. The molecule has 0 spiro atoms. The van der Waals surface area contributed by atoms with Gasteiger partial charge >= 0.3 is 0 Å². The van der Waals surface area contributed by atoms with Crippen molar-refractivity contribution in [3.63, 3.8) is 0 Å². The number of amides is 2. The zero-order valence-corrected chi connectivity index (χ0v) is 21.0. The topological polar surface area (TPSA) is 98.2 Å². The van der Waals surface area contributed by atoms with Crippen LogP contribution >= 0.6 is 0 Å². The predicted molar refractivity (Wildman–Crippen MR) is 137 cm³/mol. The first kappa shape index (κ1) is 26.1. The maximum absolute atomic E-state index is 12.8. The Labute approximate surface area is 207 Å². The Hall–Kier alpha value is -3.55. The lowest BCUT2D eigenvalue weighted by atomic mass is 10.1. The normalized spacial score (nSPS) is 13.9. The van der Waals surface area contributed by atoms with E-state index in [-0.39, 0.29) is 11.8 Å². The van der Waals surface area contributed by atoms with Crippen molar-refractivity contribution in [1.82, 2.24) is 5.43 Å². The molecule has 0 atom stereocenters.